The zero-order valence-electron chi connectivity index (χ0n) is 11.4. The molecule has 19 heavy (non-hydrogen) atoms. The Labute approximate surface area is 127 Å². The second-order valence-corrected chi connectivity index (χ2v) is 7.23. The fourth-order valence-corrected chi connectivity index (χ4v) is 4.67. The van der Waals surface area contributed by atoms with E-state index in [2.05, 4.69) is 39.9 Å². The molecule has 4 atom stereocenters. The summed E-state index contributed by atoms with van der Waals surface area (Å²) in [6, 6.07) is 0.272. The standard InChI is InChI=1S/C14H20IN3O/c1-8(11-6-9-3-4-10(11)5-9)17-14(19)13-12(15)7-16-18(13)2/h7-11H,3-6H2,1-2H3,(H,17,19)/t8-,9-,10-,11+/m1/s1. The maximum absolute atomic E-state index is 12.3. The van der Waals surface area contributed by atoms with E-state index in [1.807, 2.05) is 7.05 Å². The summed E-state index contributed by atoms with van der Waals surface area (Å²) in [5.74, 6) is 2.45. The lowest BCUT2D eigenvalue weighted by Crippen LogP contribution is -2.41. The molecule has 2 bridgehead atoms. The Morgan fingerprint density at radius 2 is 2.32 bits per heavy atom. The summed E-state index contributed by atoms with van der Waals surface area (Å²) < 4.78 is 2.57. The van der Waals surface area contributed by atoms with Gasteiger partial charge in [0.25, 0.3) is 5.91 Å². The quantitative estimate of drug-likeness (QED) is 0.828. The van der Waals surface area contributed by atoms with Gasteiger partial charge in [0, 0.05) is 13.1 Å². The molecule has 0 aliphatic heterocycles. The van der Waals surface area contributed by atoms with Gasteiger partial charge in [-0.25, -0.2) is 0 Å². The topological polar surface area (TPSA) is 46.9 Å². The molecule has 1 amide bonds. The van der Waals surface area contributed by atoms with Crippen LogP contribution in [0.25, 0.3) is 0 Å². The second kappa shape index (κ2) is 5.07. The predicted octanol–water partition coefficient (Wildman–Crippen LogP) is 2.58. The molecule has 0 saturated heterocycles. The van der Waals surface area contributed by atoms with Crippen LogP contribution in [-0.2, 0) is 7.05 Å². The molecular weight excluding hydrogens is 353 g/mol. The van der Waals surface area contributed by atoms with Crippen molar-refractivity contribution in [3.63, 3.8) is 0 Å². The molecule has 2 fully saturated rings. The fourth-order valence-electron chi connectivity index (χ4n) is 3.95. The summed E-state index contributed by atoms with van der Waals surface area (Å²) in [5.41, 5.74) is 0.676. The third-order valence-electron chi connectivity index (χ3n) is 4.90. The van der Waals surface area contributed by atoms with E-state index in [4.69, 9.17) is 0 Å². The average Bonchev–Trinajstić information content (AvgIpc) is 3.05. The van der Waals surface area contributed by atoms with E-state index >= 15 is 0 Å². The Morgan fingerprint density at radius 3 is 2.84 bits per heavy atom. The Bertz CT molecular complexity index is 479. The van der Waals surface area contributed by atoms with E-state index in [1.54, 1.807) is 10.9 Å². The molecular formula is C14H20IN3O. The lowest BCUT2D eigenvalue weighted by atomic mass is 9.84. The smallest absolute Gasteiger partial charge is 0.270 e. The van der Waals surface area contributed by atoms with Crippen LogP contribution in [0.4, 0.5) is 0 Å². The van der Waals surface area contributed by atoms with Gasteiger partial charge in [-0.3, -0.25) is 9.48 Å². The molecule has 2 aliphatic carbocycles. The number of halogens is 1. The van der Waals surface area contributed by atoms with Crippen molar-refractivity contribution < 1.29 is 4.79 Å². The minimum absolute atomic E-state index is 0.0136. The molecule has 1 aromatic heterocycles. The van der Waals surface area contributed by atoms with E-state index in [0.717, 1.165) is 15.4 Å². The summed E-state index contributed by atoms with van der Waals surface area (Å²) in [6.07, 6.45) is 7.18. The van der Waals surface area contributed by atoms with Crippen LogP contribution in [0, 0.1) is 21.3 Å². The first-order valence-electron chi connectivity index (χ1n) is 7.04. The Balaban J connectivity index is 1.67. The van der Waals surface area contributed by atoms with Crippen LogP contribution in [0.1, 0.15) is 43.1 Å². The van der Waals surface area contributed by atoms with Crippen LogP contribution in [0.5, 0.6) is 0 Å². The number of hydrogen-bond acceptors (Lipinski definition) is 2. The van der Waals surface area contributed by atoms with Gasteiger partial charge in [0.15, 0.2) is 0 Å². The van der Waals surface area contributed by atoms with Crippen LogP contribution in [0.15, 0.2) is 6.20 Å². The van der Waals surface area contributed by atoms with Crippen LogP contribution in [0.2, 0.25) is 0 Å². The number of carbonyl (C=O) groups excluding carboxylic acids is 1. The largest absolute Gasteiger partial charge is 0.348 e. The fraction of sp³-hybridized carbons (Fsp3) is 0.714. The summed E-state index contributed by atoms with van der Waals surface area (Å²) in [6.45, 7) is 2.16. The summed E-state index contributed by atoms with van der Waals surface area (Å²) in [7, 11) is 1.82. The maximum atomic E-state index is 12.3. The highest BCUT2D eigenvalue weighted by Gasteiger charge is 2.42. The minimum atomic E-state index is 0.0136. The van der Waals surface area contributed by atoms with Crippen LogP contribution in [-0.4, -0.2) is 21.7 Å². The van der Waals surface area contributed by atoms with Gasteiger partial charge < -0.3 is 5.32 Å². The average molecular weight is 373 g/mol. The minimum Gasteiger partial charge on any atom is -0.348 e. The number of aryl methyl sites for hydroxylation is 1. The molecule has 2 aliphatic rings. The highest BCUT2D eigenvalue weighted by Crippen LogP contribution is 2.49. The van der Waals surface area contributed by atoms with Crippen molar-refractivity contribution in [2.75, 3.05) is 0 Å². The molecule has 1 aromatic rings. The van der Waals surface area contributed by atoms with Gasteiger partial charge >= 0.3 is 0 Å². The van der Waals surface area contributed by atoms with Crippen LogP contribution >= 0.6 is 22.6 Å². The van der Waals surface area contributed by atoms with Crippen molar-refractivity contribution >= 4 is 28.5 Å². The van der Waals surface area contributed by atoms with Gasteiger partial charge in [-0.2, -0.15) is 5.10 Å². The number of fused-ring (bicyclic) bond motifs is 2. The lowest BCUT2D eigenvalue weighted by molar-refractivity contribution is 0.0904. The molecule has 104 valence electrons. The van der Waals surface area contributed by atoms with Crippen molar-refractivity contribution in [1.29, 1.82) is 0 Å². The SMILES string of the molecule is C[C@@H](NC(=O)c1c(I)cnn1C)[C@@H]1C[C@@H]2CC[C@@H]1C2. The van der Waals surface area contributed by atoms with Gasteiger partial charge in [-0.05, 0) is 66.5 Å². The molecule has 0 spiro atoms. The molecule has 2 saturated carbocycles. The van der Waals surface area contributed by atoms with Crippen molar-refractivity contribution in [2.24, 2.45) is 24.8 Å². The highest BCUT2D eigenvalue weighted by molar-refractivity contribution is 14.1. The zero-order chi connectivity index (χ0) is 13.6. The first kappa shape index (κ1) is 13.4. The van der Waals surface area contributed by atoms with Crippen molar-refractivity contribution in [3.05, 3.63) is 15.5 Å². The molecule has 0 aromatic carbocycles. The number of nitrogens with zero attached hydrogens (tertiary/aromatic N) is 2. The first-order chi connectivity index (χ1) is 9.06. The number of nitrogens with one attached hydrogen (secondary N) is 1. The zero-order valence-corrected chi connectivity index (χ0v) is 13.6. The van der Waals surface area contributed by atoms with Gasteiger partial charge in [-0.1, -0.05) is 6.42 Å². The molecule has 3 rings (SSSR count). The van der Waals surface area contributed by atoms with Crippen molar-refractivity contribution in [1.82, 2.24) is 15.1 Å². The Morgan fingerprint density at radius 1 is 1.53 bits per heavy atom. The normalized spacial score (nSPS) is 30.6. The number of amides is 1. The maximum Gasteiger partial charge on any atom is 0.270 e. The number of carbonyl (C=O) groups is 1. The number of aromatic nitrogens is 2. The van der Waals surface area contributed by atoms with Gasteiger partial charge in [-0.15, -0.1) is 0 Å². The summed E-state index contributed by atoms with van der Waals surface area (Å²) in [5, 5.41) is 7.31. The van der Waals surface area contributed by atoms with E-state index in [0.29, 0.717) is 11.6 Å². The lowest BCUT2D eigenvalue weighted by Gasteiger charge is -2.28. The van der Waals surface area contributed by atoms with E-state index < -0.39 is 0 Å². The molecule has 1 heterocycles. The van der Waals surface area contributed by atoms with Crippen LogP contribution in [0.3, 0.4) is 0 Å². The third kappa shape index (κ3) is 2.41. The second-order valence-electron chi connectivity index (χ2n) is 6.07. The molecule has 1 N–H and O–H groups in total. The molecule has 0 radical (unpaired) electrons. The number of hydrogen-bond donors (Lipinski definition) is 1. The van der Waals surface area contributed by atoms with Crippen molar-refractivity contribution in [3.8, 4) is 0 Å². The first-order valence-corrected chi connectivity index (χ1v) is 8.12. The summed E-state index contributed by atoms with van der Waals surface area (Å²) in [4.78, 5) is 12.3. The monoisotopic (exact) mass is 373 g/mol. The molecule has 5 heteroatoms. The van der Waals surface area contributed by atoms with Crippen LogP contribution < -0.4 is 5.32 Å². The van der Waals surface area contributed by atoms with E-state index in [-0.39, 0.29) is 11.9 Å². The van der Waals surface area contributed by atoms with Gasteiger partial charge in [0.05, 0.1) is 9.77 Å². The molecule has 0 unspecified atom stereocenters. The van der Waals surface area contributed by atoms with Gasteiger partial charge in [0.1, 0.15) is 5.69 Å². The summed E-state index contributed by atoms with van der Waals surface area (Å²) >= 11 is 2.17. The van der Waals surface area contributed by atoms with E-state index in [9.17, 15) is 4.79 Å². The highest BCUT2D eigenvalue weighted by atomic mass is 127. The molecule has 4 nitrogen and oxygen atoms in total. The van der Waals surface area contributed by atoms with Gasteiger partial charge in [0.2, 0.25) is 0 Å². The van der Waals surface area contributed by atoms with Crippen molar-refractivity contribution in [2.45, 2.75) is 38.6 Å². The predicted molar refractivity (Wildman–Crippen MR) is 81.8 cm³/mol. The number of rotatable bonds is 3. The Hall–Kier alpha value is -0.590. The van der Waals surface area contributed by atoms with E-state index in [1.165, 1.54) is 25.7 Å². The third-order valence-corrected chi connectivity index (χ3v) is 5.69. The Kier molecular flexibility index (Phi) is 3.57.